The first-order valence-corrected chi connectivity index (χ1v) is 7.10. The van der Waals surface area contributed by atoms with Crippen molar-refractivity contribution in [1.82, 2.24) is 9.97 Å². The van der Waals surface area contributed by atoms with Crippen LogP contribution in [0.15, 0.2) is 11.4 Å². The average Bonchev–Trinajstić information content (AvgIpc) is 2.30. The van der Waals surface area contributed by atoms with Crippen molar-refractivity contribution in [3.8, 4) is 0 Å². The topological polar surface area (TPSA) is 63.8 Å². The van der Waals surface area contributed by atoms with Gasteiger partial charge in [0, 0.05) is 5.56 Å². The van der Waals surface area contributed by atoms with Crippen LogP contribution in [0, 0.1) is 5.92 Å². The first kappa shape index (κ1) is 14.3. The molecular formula is C12H22N4S. The summed E-state index contributed by atoms with van der Waals surface area (Å²) >= 11 is 1.80. The van der Waals surface area contributed by atoms with Crippen LogP contribution in [0.4, 0.5) is 5.82 Å². The van der Waals surface area contributed by atoms with Gasteiger partial charge in [0.25, 0.3) is 0 Å². The van der Waals surface area contributed by atoms with Crippen LogP contribution in [0.25, 0.3) is 0 Å². The van der Waals surface area contributed by atoms with Crippen molar-refractivity contribution >= 4 is 17.6 Å². The molecule has 0 amide bonds. The van der Waals surface area contributed by atoms with Crippen LogP contribution in [0.2, 0.25) is 0 Å². The zero-order chi connectivity index (χ0) is 12.7. The number of hydrogen-bond acceptors (Lipinski definition) is 5. The van der Waals surface area contributed by atoms with E-state index in [1.54, 1.807) is 18.1 Å². The van der Waals surface area contributed by atoms with Crippen LogP contribution in [-0.4, -0.2) is 15.7 Å². The number of hydrazine groups is 1. The van der Waals surface area contributed by atoms with Crippen LogP contribution in [-0.2, 0) is 6.42 Å². The molecule has 1 aromatic heterocycles. The summed E-state index contributed by atoms with van der Waals surface area (Å²) in [5, 5.41) is 1.07. The number of thioether (sulfide) groups is 1. The van der Waals surface area contributed by atoms with E-state index in [0.29, 0.717) is 0 Å². The molecule has 3 N–H and O–H groups in total. The van der Waals surface area contributed by atoms with E-state index in [1.165, 1.54) is 6.42 Å². The second-order valence-electron chi connectivity index (χ2n) is 4.43. The van der Waals surface area contributed by atoms with E-state index in [1.807, 2.05) is 0 Å². The van der Waals surface area contributed by atoms with Gasteiger partial charge in [0.05, 0.1) is 0 Å². The molecule has 1 heterocycles. The number of nitrogens with two attached hydrogens (primary N) is 1. The molecule has 1 rings (SSSR count). The Balaban J connectivity index is 2.75. The summed E-state index contributed by atoms with van der Waals surface area (Å²) in [6.07, 6.45) is 4.81. The Morgan fingerprint density at radius 3 is 2.76 bits per heavy atom. The SMILES string of the molecule is CCCc1c(NN)ncnc1SCCC(C)C. The normalized spacial score (nSPS) is 10.9. The monoisotopic (exact) mass is 254 g/mol. The third-order valence-electron chi connectivity index (χ3n) is 2.48. The van der Waals surface area contributed by atoms with E-state index >= 15 is 0 Å². The van der Waals surface area contributed by atoms with Gasteiger partial charge in [-0.05, 0) is 24.5 Å². The lowest BCUT2D eigenvalue weighted by molar-refractivity contribution is 0.631. The van der Waals surface area contributed by atoms with Gasteiger partial charge in [-0.1, -0.05) is 27.2 Å². The molecule has 0 bridgehead atoms. The first-order chi connectivity index (χ1) is 8.19. The molecule has 0 aromatic carbocycles. The summed E-state index contributed by atoms with van der Waals surface area (Å²) < 4.78 is 0. The number of nitrogens with zero attached hydrogens (tertiary/aromatic N) is 2. The summed E-state index contributed by atoms with van der Waals surface area (Å²) in [7, 11) is 0. The third-order valence-corrected chi connectivity index (χ3v) is 3.54. The van der Waals surface area contributed by atoms with Crippen molar-refractivity contribution in [2.75, 3.05) is 11.2 Å². The van der Waals surface area contributed by atoms with Crippen molar-refractivity contribution in [3.05, 3.63) is 11.9 Å². The molecule has 5 heteroatoms. The molecule has 0 fully saturated rings. The number of aromatic nitrogens is 2. The predicted molar refractivity (Wildman–Crippen MR) is 74.0 cm³/mol. The van der Waals surface area contributed by atoms with Gasteiger partial charge in [-0.3, -0.25) is 0 Å². The van der Waals surface area contributed by atoms with E-state index in [9.17, 15) is 0 Å². The predicted octanol–water partition coefficient (Wildman–Crippen LogP) is 2.85. The quantitative estimate of drug-likeness (QED) is 0.339. The molecule has 4 nitrogen and oxygen atoms in total. The Hall–Kier alpha value is -0.810. The Morgan fingerprint density at radius 1 is 1.41 bits per heavy atom. The Morgan fingerprint density at radius 2 is 2.18 bits per heavy atom. The van der Waals surface area contributed by atoms with Gasteiger partial charge < -0.3 is 5.43 Å². The van der Waals surface area contributed by atoms with E-state index in [2.05, 4.69) is 36.2 Å². The third kappa shape index (κ3) is 4.52. The van der Waals surface area contributed by atoms with Crippen molar-refractivity contribution in [1.29, 1.82) is 0 Å². The average molecular weight is 254 g/mol. The minimum absolute atomic E-state index is 0.728. The largest absolute Gasteiger partial charge is 0.308 e. The first-order valence-electron chi connectivity index (χ1n) is 6.12. The highest BCUT2D eigenvalue weighted by molar-refractivity contribution is 7.99. The molecule has 0 saturated heterocycles. The maximum absolute atomic E-state index is 5.48. The van der Waals surface area contributed by atoms with Crippen LogP contribution in [0.1, 0.15) is 39.2 Å². The highest BCUT2D eigenvalue weighted by Gasteiger charge is 2.10. The summed E-state index contributed by atoms with van der Waals surface area (Å²) in [4.78, 5) is 8.52. The molecule has 0 aliphatic heterocycles. The number of hydrogen-bond donors (Lipinski definition) is 2. The maximum Gasteiger partial charge on any atom is 0.147 e. The van der Waals surface area contributed by atoms with Gasteiger partial charge in [-0.2, -0.15) is 0 Å². The summed E-state index contributed by atoms with van der Waals surface area (Å²) in [5.41, 5.74) is 3.80. The molecule has 96 valence electrons. The number of anilines is 1. The molecule has 0 spiro atoms. The fourth-order valence-electron chi connectivity index (χ4n) is 1.51. The summed E-state index contributed by atoms with van der Waals surface area (Å²) in [5.74, 6) is 8.06. The van der Waals surface area contributed by atoms with E-state index in [4.69, 9.17) is 5.84 Å². The second-order valence-corrected chi connectivity index (χ2v) is 5.51. The van der Waals surface area contributed by atoms with Gasteiger partial charge in [-0.25, -0.2) is 15.8 Å². The molecule has 1 aromatic rings. The molecule has 17 heavy (non-hydrogen) atoms. The van der Waals surface area contributed by atoms with Gasteiger partial charge in [-0.15, -0.1) is 11.8 Å². The minimum atomic E-state index is 0.728. The zero-order valence-corrected chi connectivity index (χ0v) is 11.7. The van der Waals surface area contributed by atoms with Crippen molar-refractivity contribution in [2.45, 2.75) is 45.1 Å². The van der Waals surface area contributed by atoms with Crippen molar-refractivity contribution < 1.29 is 0 Å². The van der Waals surface area contributed by atoms with Crippen LogP contribution in [0.5, 0.6) is 0 Å². The van der Waals surface area contributed by atoms with Gasteiger partial charge >= 0.3 is 0 Å². The van der Waals surface area contributed by atoms with E-state index < -0.39 is 0 Å². The molecular weight excluding hydrogens is 232 g/mol. The molecule has 0 radical (unpaired) electrons. The lowest BCUT2D eigenvalue weighted by atomic mass is 10.2. The summed E-state index contributed by atoms with van der Waals surface area (Å²) in [6, 6.07) is 0. The van der Waals surface area contributed by atoms with E-state index in [0.717, 1.165) is 40.9 Å². The molecule has 0 aliphatic carbocycles. The number of nitrogens with one attached hydrogen (secondary N) is 1. The van der Waals surface area contributed by atoms with Gasteiger partial charge in [0.1, 0.15) is 17.2 Å². The van der Waals surface area contributed by atoms with Crippen LogP contribution >= 0.6 is 11.8 Å². The molecule has 0 unspecified atom stereocenters. The zero-order valence-electron chi connectivity index (χ0n) is 10.9. The Labute approximate surface area is 108 Å². The highest BCUT2D eigenvalue weighted by atomic mass is 32.2. The van der Waals surface area contributed by atoms with Gasteiger partial charge in [0.15, 0.2) is 0 Å². The number of rotatable bonds is 7. The fraction of sp³-hybridized carbons (Fsp3) is 0.667. The van der Waals surface area contributed by atoms with Crippen molar-refractivity contribution in [3.63, 3.8) is 0 Å². The van der Waals surface area contributed by atoms with Gasteiger partial charge in [0.2, 0.25) is 0 Å². The minimum Gasteiger partial charge on any atom is -0.308 e. The van der Waals surface area contributed by atoms with Crippen molar-refractivity contribution in [2.24, 2.45) is 11.8 Å². The standard InChI is InChI=1S/C12H22N4S/c1-4-5-10-11(16-13)14-8-15-12(10)17-7-6-9(2)3/h8-9H,4-7,13H2,1-3H3,(H,14,15,16). The highest BCUT2D eigenvalue weighted by Crippen LogP contribution is 2.26. The lowest BCUT2D eigenvalue weighted by Gasteiger charge is -2.11. The smallest absolute Gasteiger partial charge is 0.147 e. The fourth-order valence-corrected chi connectivity index (χ4v) is 2.79. The Bertz CT molecular complexity index is 341. The maximum atomic E-state index is 5.48. The van der Waals surface area contributed by atoms with Crippen LogP contribution in [0.3, 0.4) is 0 Å². The molecule has 0 atom stereocenters. The molecule has 0 saturated carbocycles. The molecule has 0 aliphatic rings. The van der Waals surface area contributed by atoms with E-state index in [-0.39, 0.29) is 0 Å². The summed E-state index contributed by atoms with van der Waals surface area (Å²) in [6.45, 7) is 6.62. The number of nitrogen functional groups attached to an aromatic ring is 1. The Kier molecular flexibility index (Phi) is 6.29. The van der Waals surface area contributed by atoms with Crippen LogP contribution < -0.4 is 11.3 Å². The lowest BCUT2D eigenvalue weighted by Crippen LogP contribution is -2.12. The second kappa shape index (κ2) is 7.50.